The van der Waals surface area contributed by atoms with Gasteiger partial charge in [-0.2, -0.15) is 0 Å². The van der Waals surface area contributed by atoms with Gasteiger partial charge in [0.25, 0.3) is 0 Å². The van der Waals surface area contributed by atoms with Crippen LogP contribution in [0.1, 0.15) is 31.7 Å². The van der Waals surface area contributed by atoms with Crippen molar-refractivity contribution in [1.29, 1.82) is 0 Å². The first-order chi connectivity index (χ1) is 14.2. The summed E-state index contributed by atoms with van der Waals surface area (Å²) < 4.78 is 0. The van der Waals surface area contributed by atoms with Crippen LogP contribution < -0.4 is 5.32 Å². The van der Waals surface area contributed by atoms with E-state index in [1.54, 1.807) is 11.0 Å². The Labute approximate surface area is 190 Å². The molecule has 0 aromatic heterocycles. The molecule has 2 atom stereocenters. The largest absolute Gasteiger partial charge is 0.366 e. The Morgan fingerprint density at radius 1 is 1.27 bits per heavy atom. The Bertz CT molecular complexity index is 856. The van der Waals surface area contributed by atoms with E-state index in [0.717, 1.165) is 4.90 Å². The number of amides is 2. The van der Waals surface area contributed by atoms with Gasteiger partial charge in [0.2, 0.25) is 11.8 Å². The molecule has 6 nitrogen and oxygen atoms in total. The second-order valence-electron chi connectivity index (χ2n) is 7.93. The smallest absolute Gasteiger partial charge is 0.246 e. The highest BCUT2D eigenvalue weighted by atomic mass is 35.5. The van der Waals surface area contributed by atoms with E-state index < -0.39 is 11.8 Å². The number of piperidine rings is 1. The number of carbonyl (C=O) groups is 2. The summed E-state index contributed by atoms with van der Waals surface area (Å²) in [6.45, 7) is 2.80. The number of carbonyl (C=O) groups excluding carboxylic acids is 2. The lowest BCUT2D eigenvalue weighted by molar-refractivity contribution is -0.136. The van der Waals surface area contributed by atoms with Crippen molar-refractivity contribution >= 4 is 52.9 Å². The Kier molecular flexibility index (Phi) is 7.40. The molecule has 2 unspecified atom stereocenters. The van der Waals surface area contributed by atoms with Gasteiger partial charge in [-0.25, -0.2) is 0 Å². The summed E-state index contributed by atoms with van der Waals surface area (Å²) in [4.78, 5) is 27.6. The third-order valence-corrected chi connectivity index (χ3v) is 7.85. The SMILES string of the molecule is CSc1ccc(/C=C/C(=O)N2CCC(C(=O)NC3(C(O)O)CC3C)CC2)c(Cl)c1Cl. The summed E-state index contributed by atoms with van der Waals surface area (Å²) in [7, 11) is 0. The van der Waals surface area contributed by atoms with Gasteiger partial charge >= 0.3 is 0 Å². The van der Waals surface area contributed by atoms with E-state index in [1.807, 2.05) is 25.3 Å². The van der Waals surface area contributed by atoms with E-state index in [-0.39, 0.29) is 23.7 Å². The van der Waals surface area contributed by atoms with Crippen molar-refractivity contribution in [2.75, 3.05) is 19.3 Å². The molecule has 9 heteroatoms. The van der Waals surface area contributed by atoms with E-state index in [4.69, 9.17) is 23.2 Å². The number of halogens is 2. The average molecular weight is 473 g/mol. The molecule has 30 heavy (non-hydrogen) atoms. The van der Waals surface area contributed by atoms with Crippen molar-refractivity contribution in [3.05, 3.63) is 33.8 Å². The van der Waals surface area contributed by atoms with Crippen molar-refractivity contribution in [2.45, 2.75) is 42.9 Å². The van der Waals surface area contributed by atoms with Gasteiger partial charge in [0.1, 0.15) is 0 Å². The van der Waals surface area contributed by atoms with Crippen molar-refractivity contribution in [1.82, 2.24) is 10.2 Å². The highest BCUT2D eigenvalue weighted by Gasteiger charge is 2.57. The maximum absolute atomic E-state index is 12.5. The van der Waals surface area contributed by atoms with Crippen LogP contribution in [0.3, 0.4) is 0 Å². The number of aliphatic hydroxyl groups excluding tert-OH is 1. The predicted molar refractivity (Wildman–Crippen MR) is 119 cm³/mol. The molecule has 164 valence electrons. The Morgan fingerprint density at radius 2 is 1.90 bits per heavy atom. The van der Waals surface area contributed by atoms with E-state index in [0.29, 0.717) is 48.0 Å². The number of rotatable bonds is 6. The number of nitrogens with one attached hydrogen (secondary N) is 1. The van der Waals surface area contributed by atoms with Crippen molar-refractivity contribution < 1.29 is 19.8 Å². The zero-order valence-electron chi connectivity index (χ0n) is 16.9. The third-order valence-electron chi connectivity index (χ3n) is 6.06. The molecule has 1 saturated carbocycles. The van der Waals surface area contributed by atoms with Gasteiger partial charge in [0, 0.05) is 30.0 Å². The van der Waals surface area contributed by atoms with Crippen LogP contribution in [0.5, 0.6) is 0 Å². The van der Waals surface area contributed by atoms with Crippen LogP contribution in [-0.2, 0) is 9.59 Å². The fourth-order valence-corrected chi connectivity index (χ4v) is 5.01. The fraction of sp³-hybridized carbons (Fsp3) is 0.524. The molecule has 1 heterocycles. The number of likely N-dealkylation sites (tertiary alicyclic amines) is 1. The van der Waals surface area contributed by atoms with Gasteiger partial charge in [0.15, 0.2) is 6.29 Å². The lowest BCUT2D eigenvalue weighted by Crippen LogP contribution is -2.51. The van der Waals surface area contributed by atoms with Crippen molar-refractivity contribution in [3.8, 4) is 0 Å². The number of aliphatic hydroxyl groups is 2. The van der Waals surface area contributed by atoms with Crippen molar-refractivity contribution in [3.63, 3.8) is 0 Å². The molecule has 1 aliphatic carbocycles. The summed E-state index contributed by atoms with van der Waals surface area (Å²) in [5.41, 5.74) is -0.243. The predicted octanol–water partition coefficient (Wildman–Crippen LogP) is 3.17. The molecule has 2 aliphatic rings. The standard InChI is InChI=1S/C21H26Cl2N2O4S/c1-12-11-21(12,20(28)29)24-19(27)14-7-9-25(10-8-14)16(26)6-4-13-3-5-15(30-2)18(23)17(13)22/h3-6,12,14,20,28-29H,7-11H2,1-2H3,(H,24,27)/b6-4+. The topological polar surface area (TPSA) is 89.9 Å². The first-order valence-electron chi connectivity index (χ1n) is 9.86. The zero-order chi connectivity index (χ0) is 22.1. The molecule has 0 bridgehead atoms. The Hall–Kier alpha value is -1.25. The molecule has 3 rings (SSSR count). The normalized spacial score (nSPS) is 24.5. The Morgan fingerprint density at radius 3 is 2.43 bits per heavy atom. The first-order valence-corrected chi connectivity index (χ1v) is 11.8. The lowest BCUT2D eigenvalue weighted by atomic mass is 9.95. The molecule has 1 aromatic rings. The van der Waals surface area contributed by atoms with E-state index in [2.05, 4.69) is 5.32 Å². The van der Waals surface area contributed by atoms with Gasteiger partial charge in [0.05, 0.1) is 15.6 Å². The summed E-state index contributed by atoms with van der Waals surface area (Å²) >= 11 is 14.0. The molecule has 1 aromatic carbocycles. The second-order valence-corrected chi connectivity index (χ2v) is 9.53. The quantitative estimate of drug-likeness (QED) is 0.336. The Balaban J connectivity index is 1.54. The molecule has 0 spiro atoms. The second kappa shape index (κ2) is 9.49. The van der Waals surface area contributed by atoms with Crippen LogP contribution in [-0.4, -0.2) is 58.1 Å². The molecule has 2 fully saturated rings. The number of thioether (sulfide) groups is 1. The number of benzene rings is 1. The number of nitrogens with zero attached hydrogens (tertiary/aromatic N) is 1. The molecule has 1 saturated heterocycles. The van der Waals surface area contributed by atoms with Gasteiger partial charge in [-0.3, -0.25) is 9.59 Å². The molecular weight excluding hydrogens is 447 g/mol. The summed E-state index contributed by atoms with van der Waals surface area (Å²) in [6.07, 6.45) is 5.10. The number of hydrogen-bond acceptors (Lipinski definition) is 5. The summed E-state index contributed by atoms with van der Waals surface area (Å²) in [5.74, 6) is -0.522. The number of hydrogen-bond donors (Lipinski definition) is 3. The minimum Gasteiger partial charge on any atom is -0.366 e. The van der Waals surface area contributed by atoms with Crippen LogP contribution in [0.2, 0.25) is 10.0 Å². The molecule has 1 aliphatic heterocycles. The van der Waals surface area contributed by atoms with Crippen LogP contribution in [0.25, 0.3) is 6.08 Å². The minimum absolute atomic E-state index is 0.0403. The van der Waals surface area contributed by atoms with E-state index in [9.17, 15) is 19.8 Å². The average Bonchev–Trinajstić information content (AvgIpc) is 3.39. The van der Waals surface area contributed by atoms with Gasteiger partial charge < -0.3 is 20.4 Å². The van der Waals surface area contributed by atoms with Crippen LogP contribution in [0, 0.1) is 11.8 Å². The highest BCUT2D eigenvalue weighted by molar-refractivity contribution is 7.98. The van der Waals surface area contributed by atoms with E-state index in [1.165, 1.54) is 17.8 Å². The van der Waals surface area contributed by atoms with E-state index >= 15 is 0 Å². The molecule has 2 amide bonds. The zero-order valence-corrected chi connectivity index (χ0v) is 19.2. The third kappa shape index (κ3) is 4.81. The minimum atomic E-state index is -1.56. The highest BCUT2D eigenvalue weighted by Crippen LogP contribution is 2.45. The molecular formula is C21H26Cl2N2O4S. The molecule has 3 N–H and O–H groups in total. The van der Waals surface area contributed by atoms with Crippen LogP contribution in [0.15, 0.2) is 23.1 Å². The summed E-state index contributed by atoms with van der Waals surface area (Å²) in [5, 5.41) is 22.8. The molecule has 0 radical (unpaired) electrons. The summed E-state index contributed by atoms with van der Waals surface area (Å²) in [6, 6.07) is 3.69. The lowest BCUT2D eigenvalue weighted by Gasteiger charge is -2.32. The monoisotopic (exact) mass is 472 g/mol. The van der Waals surface area contributed by atoms with Gasteiger partial charge in [-0.05, 0) is 49.1 Å². The van der Waals surface area contributed by atoms with Gasteiger partial charge in [-0.1, -0.05) is 36.2 Å². The maximum Gasteiger partial charge on any atom is 0.246 e. The van der Waals surface area contributed by atoms with Gasteiger partial charge in [-0.15, -0.1) is 11.8 Å². The fourth-order valence-electron chi connectivity index (χ4n) is 3.84. The van der Waals surface area contributed by atoms with Crippen molar-refractivity contribution in [2.24, 2.45) is 11.8 Å². The first kappa shape index (κ1) is 23.4. The van der Waals surface area contributed by atoms with Crippen LogP contribution in [0.4, 0.5) is 0 Å². The maximum atomic E-state index is 12.5. The van der Waals surface area contributed by atoms with Crippen LogP contribution >= 0.6 is 35.0 Å².